The zero-order valence-electron chi connectivity index (χ0n) is 12.8. The summed E-state index contributed by atoms with van der Waals surface area (Å²) in [6.07, 6.45) is -0.911. The predicted molar refractivity (Wildman–Crippen MR) is 91.0 cm³/mol. The molecule has 0 saturated heterocycles. The molecule has 24 heavy (non-hydrogen) atoms. The number of carboxylic acids is 1. The minimum atomic E-state index is -1.02. The second kappa shape index (κ2) is 6.76. The number of aromatic nitrogens is 1. The number of benzene rings is 2. The first-order valence-electron chi connectivity index (χ1n) is 7.25. The number of fused-ring (bicyclic) bond motifs is 1. The van der Waals surface area contributed by atoms with Crippen LogP contribution in [0.3, 0.4) is 0 Å². The molecule has 5 nitrogen and oxygen atoms in total. The highest BCUT2D eigenvalue weighted by molar-refractivity contribution is 6.31. The lowest BCUT2D eigenvalue weighted by Crippen LogP contribution is -2.22. The Hall–Kier alpha value is -2.79. The highest BCUT2D eigenvalue weighted by Crippen LogP contribution is 2.26. The zero-order chi connectivity index (χ0) is 17.1. The van der Waals surface area contributed by atoms with Crippen molar-refractivity contribution in [1.29, 1.82) is 0 Å². The van der Waals surface area contributed by atoms with E-state index in [1.165, 1.54) is 6.92 Å². The van der Waals surface area contributed by atoms with Gasteiger partial charge in [0.2, 0.25) is 5.88 Å². The van der Waals surface area contributed by atoms with E-state index in [-0.39, 0.29) is 0 Å². The zero-order valence-corrected chi connectivity index (χ0v) is 13.5. The van der Waals surface area contributed by atoms with Crippen LogP contribution in [0.2, 0.25) is 5.02 Å². The SMILES string of the molecule is C[C@H](Oc1ccc(Oc2ccc3cc(Cl)ccc3n2)cc1)C(=O)O. The molecule has 0 saturated carbocycles. The molecule has 3 aromatic rings. The van der Waals surface area contributed by atoms with Gasteiger partial charge in [-0.05, 0) is 55.5 Å². The molecule has 0 fully saturated rings. The van der Waals surface area contributed by atoms with Crippen molar-refractivity contribution in [3.05, 3.63) is 59.6 Å². The Kier molecular flexibility index (Phi) is 4.53. The van der Waals surface area contributed by atoms with Crippen molar-refractivity contribution in [2.45, 2.75) is 13.0 Å². The second-order valence-electron chi connectivity index (χ2n) is 5.16. The Balaban J connectivity index is 1.74. The summed E-state index contributed by atoms with van der Waals surface area (Å²) in [5.74, 6) is 0.470. The quantitative estimate of drug-likeness (QED) is 0.737. The number of halogens is 1. The number of carbonyl (C=O) groups is 1. The largest absolute Gasteiger partial charge is 0.479 e. The number of ether oxygens (including phenoxy) is 2. The van der Waals surface area contributed by atoms with Gasteiger partial charge in [-0.15, -0.1) is 0 Å². The van der Waals surface area contributed by atoms with E-state index in [1.807, 2.05) is 18.2 Å². The summed E-state index contributed by atoms with van der Waals surface area (Å²) in [5, 5.41) is 10.4. The Morgan fingerprint density at radius 1 is 1.08 bits per heavy atom. The molecule has 0 amide bonds. The van der Waals surface area contributed by atoms with E-state index >= 15 is 0 Å². The van der Waals surface area contributed by atoms with Crippen molar-refractivity contribution in [3.8, 4) is 17.4 Å². The van der Waals surface area contributed by atoms with E-state index in [4.69, 9.17) is 26.2 Å². The summed E-state index contributed by atoms with van der Waals surface area (Å²) >= 11 is 5.95. The summed E-state index contributed by atoms with van der Waals surface area (Å²) in [6, 6.07) is 15.8. The lowest BCUT2D eigenvalue weighted by molar-refractivity contribution is -0.144. The van der Waals surface area contributed by atoms with Crippen LogP contribution in [0.25, 0.3) is 10.9 Å². The maximum atomic E-state index is 10.8. The standard InChI is InChI=1S/C18H14ClNO4/c1-11(18(21)22)23-14-4-6-15(7-5-14)24-17-9-2-12-10-13(19)3-8-16(12)20-17/h2-11H,1H3,(H,21,22)/t11-/m0/s1. The minimum Gasteiger partial charge on any atom is -0.479 e. The average molecular weight is 344 g/mol. The van der Waals surface area contributed by atoms with Gasteiger partial charge in [0, 0.05) is 16.5 Å². The van der Waals surface area contributed by atoms with Gasteiger partial charge in [0.05, 0.1) is 5.52 Å². The van der Waals surface area contributed by atoms with E-state index in [9.17, 15) is 4.79 Å². The van der Waals surface area contributed by atoms with E-state index in [1.54, 1.807) is 36.4 Å². The van der Waals surface area contributed by atoms with Gasteiger partial charge >= 0.3 is 5.97 Å². The summed E-state index contributed by atoms with van der Waals surface area (Å²) in [4.78, 5) is 15.2. The van der Waals surface area contributed by atoms with Crippen LogP contribution in [0.5, 0.6) is 17.4 Å². The molecular weight excluding hydrogens is 330 g/mol. The molecular formula is C18H14ClNO4. The van der Waals surface area contributed by atoms with Crippen molar-refractivity contribution in [2.75, 3.05) is 0 Å². The van der Waals surface area contributed by atoms with E-state index < -0.39 is 12.1 Å². The number of hydrogen-bond acceptors (Lipinski definition) is 4. The number of aliphatic carboxylic acids is 1. The third kappa shape index (κ3) is 3.75. The second-order valence-corrected chi connectivity index (χ2v) is 5.59. The monoisotopic (exact) mass is 343 g/mol. The number of nitrogens with zero attached hydrogens (tertiary/aromatic N) is 1. The van der Waals surface area contributed by atoms with Crippen LogP contribution in [0.15, 0.2) is 54.6 Å². The van der Waals surface area contributed by atoms with Gasteiger partial charge in [-0.2, -0.15) is 0 Å². The molecule has 1 aromatic heterocycles. The Labute approximate surface area is 143 Å². The first-order valence-corrected chi connectivity index (χ1v) is 7.63. The molecule has 0 radical (unpaired) electrons. The first kappa shape index (κ1) is 16.1. The van der Waals surface area contributed by atoms with Gasteiger partial charge in [0.15, 0.2) is 6.10 Å². The Morgan fingerprint density at radius 2 is 1.79 bits per heavy atom. The lowest BCUT2D eigenvalue weighted by atomic mass is 10.2. The smallest absolute Gasteiger partial charge is 0.344 e. The molecule has 1 atom stereocenters. The summed E-state index contributed by atoms with van der Waals surface area (Å²) in [7, 11) is 0. The fraction of sp³-hybridized carbons (Fsp3) is 0.111. The average Bonchev–Trinajstić information content (AvgIpc) is 2.56. The number of carboxylic acid groups (broad SMARTS) is 1. The topological polar surface area (TPSA) is 68.7 Å². The molecule has 3 rings (SSSR count). The maximum absolute atomic E-state index is 10.8. The van der Waals surface area contributed by atoms with Crippen molar-refractivity contribution in [1.82, 2.24) is 4.98 Å². The molecule has 6 heteroatoms. The normalized spacial score (nSPS) is 11.9. The number of pyridine rings is 1. The molecule has 0 spiro atoms. The highest BCUT2D eigenvalue weighted by atomic mass is 35.5. The van der Waals surface area contributed by atoms with Crippen LogP contribution < -0.4 is 9.47 Å². The van der Waals surface area contributed by atoms with Crippen molar-refractivity contribution < 1.29 is 19.4 Å². The molecule has 122 valence electrons. The summed E-state index contributed by atoms with van der Waals surface area (Å²) in [6.45, 7) is 1.47. The first-order chi connectivity index (χ1) is 11.5. The summed E-state index contributed by atoms with van der Waals surface area (Å²) < 4.78 is 11.0. The van der Waals surface area contributed by atoms with Crippen molar-refractivity contribution >= 4 is 28.5 Å². The van der Waals surface area contributed by atoms with E-state index in [0.29, 0.717) is 22.4 Å². The third-order valence-corrected chi connectivity index (χ3v) is 3.57. The molecule has 0 unspecified atom stereocenters. The van der Waals surface area contributed by atoms with E-state index in [0.717, 1.165) is 10.9 Å². The highest BCUT2D eigenvalue weighted by Gasteiger charge is 2.12. The Morgan fingerprint density at radius 3 is 2.50 bits per heavy atom. The molecule has 1 heterocycles. The van der Waals surface area contributed by atoms with Crippen LogP contribution in [-0.2, 0) is 4.79 Å². The summed E-state index contributed by atoms with van der Waals surface area (Å²) in [5.41, 5.74) is 0.784. The fourth-order valence-electron chi connectivity index (χ4n) is 2.10. The maximum Gasteiger partial charge on any atom is 0.344 e. The van der Waals surface area contributed by atoms with Gasteiger partial charge in [0.1, 0.15) is 11.5 Å². The molecule has 0 aliphatic carbocycles. The van der Waals surface area contributed by atoms with Gasteiger partial charge in [0.25, 0.3) is 0 Å². The van der Waals surface area contributed by atoms with Gasteiger partial charge < -0.3 is 14.6 Å². The van der Waals surface area contributed by atoms with Crippen molar-refractivity contribution in [3.63, 3.8) is 0 Å². The molecule has 2 aromatic carbocycles. The van der Waals surface area contributed by atoms with Crippen LogP contribution >= 0.6 is 11.6 Å². The predicted octanol–water partition coefficient (Wildman–Crippen LogP) is 4.53. The van der Waals surface area contributed by atoms with Crippen LogP contribution in [0.4, 0.5) is 0 Å². The van der Waals surface area contributed by atoms with Gasteiger partial charge in [-0.1, -0.05) is 11.6 Å². The van der Waals surface area contributed by atoms with Crippen LogP contribution in [0.1, 0.15) is 6.92 Å². The van der Waals surface area contributed by atoms with Gasteiger partial charge in [-0.25, -0.2) is 9.78 Å². The molecule has 0 aliphatic rings. The van der Waals surface area contributed by atoms with Gasteiger partial charge in [-0.3, -0.25) is 0 Å². The molecule has 0 aliphatic heterocycles. The molecule has 1 N–H and O–H groups in total. The van der Waals surface area contributed by atoms with Crippen LogP contribution in [-0.4, -0.2) is 22.2 Å². The van der Waals surface area contributed by atoms with Crippen molar-refractivity contribution in [2.24, 2.45) is 0 Å². The Bertz CT molecular complexity index is 880. The minimum absolute atomic E-state index is 0.456. The third-order valence-electron chi connectivity index (χ3n) is 3.33. The number of rotatable bonds is 5. The van der Waals surface area contributed by atoms with E-state index in [2.05, 4.69) is 4.98 Å². The van der Waals surface area contributed by atoms with Crippen LogP contribution in [0, 0.1) is 0 Å². The number of hydrogen-bond donors (Lipinski definition) is 1. The molecule has 0 bridgehead atoms. The lowest BCUT2D eigenvalue weighted by Gasteiger charge is -2.11. The fourth-order valence-corrected chi connectivity index (χ4v) is 2.28.